The first-order valence-electron chi connectivity index (χ1n) is 9.50. The van der Waals surface area contributed by atoms with E-state index in [-0.39, 0.29) is 11.9 Å². The van der Waals surface area contributed by atoms with Gasteiger partial charge in [0.15, 0.2) is 0 Å². The normalized spacial score (nSPS) is 15.7. The quantitative estimate of drug-likeness (QED) is 0.516. The van der Waals surface area contributed by atoms with Crippen LogP contribution in [0.4, 0.5) is 11.4 Å². The second-order valence-corrected chi connectivity index (χ2v) is 8.88. The fourth-order valence-corrected chi connectivity index (χ4v) is 4.72. The molecule has 0 N–H and O–H groups in total. The Balaban J connectivity index is 1.72. The van der Waals surface area contributed by atoms with Gasteiger partial charge in [-0.05, 0) is 36.2 Å². The Labute approximate surface area is 171 Å². The molecule has 3 aromatic rings. The number of para-hydroxylation sites is 1. The molecule has 1 aliphatic rings. The number of nitrogens with zero attached hydrogens (tertiary/aromatic N) is 1. The first-order valence-corrected chi connectivity index (χ1v) is 11.1. The highest BCUT2D eigenvalue weighted by Gasteiger charge is 2.27. The number of benzene rings is 3. The Hall–Kier alpha value is -2.83. The van der Waals surface area contributed by atoms with Crippen LogP contribution in [-0.2, 0) is 20.5 Å². The van der Waals surface area contributed by atoms with Gasteiger partial charge >= 0.3 is 0 Å². The molecule has 1 atom stereocenters. The molecular weight excluding hydrogens is 386 g/mol. The van der Waals surface area contributed by atoms with E-state index >= 15 is 0 Å². The standard InChI is InChI=1S/C23H23NO4S/c1-18-12-13-21(14-23(18)28-16-22-15-27-22)24(20-10-6-3-7-11-20)29(25,26)17-19-8-4-2-5-9-19/h2-14,22H,15-17H2,1H3. The summed E-state index contributed by atoms with van der Waals surface area (Å²) in [6.45, 7) is 3.12. The molecule has 1 unspecified atom stereocenters. The first kappa shape index (κ1) is 19.5. The van der Waals surface area contributed by atoms with Crippen LogP contribution in [0, 0.1) is 6.92 Å². The molecular formula is C23H23NO4S. The zero-order chi connectivity index (χ0) is 20.3. The summed E-state index contributed by atoms with van der Waals surface area (Å²) in [5.41, 5.74) is 2.82. The van der Waals surface area contributed by atoms with Crippen molar-refractivity contribution in [2.45, 2.75) is 18.8 Å². The van der Waals surface area contributed by atoms with E-state index in [0.29, 0.717) is 30.3 Å². The van der Waals surface area contributed by atoms with Gasteiger partial charge in [-0.2, -0.15) is 0 Å². The number of hydrogen-bond donors (Lipinski definition) is 0. The molecule has 150 valence electrons. The minimum absolute atomic E-state index is 0.0945. The van der Waals surface area contributed by atoms with Crippen LogP contribution in [0.5, 0.6) is 5.75 Å². The highest BCUT2D eigenvalue weighted by molar-refractivity contribution is 7.92. The molecule has 0 radical (unpaired) electrons. The topological polar surface area (TPSA) is 59.1 Å². The highest BCUT2D eigenvalue weighted by Crippen LogP contribution is 2.34. The van der Waals surface area contributed by atoms with Crippen LogP contribution in [0.1, 0.15) is 11.1 Å². The van der Waals surface area contributed by atoms with E-state index in [1.54, 1.807) is 18.2 Å². The van der Waals surface area contributed by atoms with E-state index in [1.165, 1.54) is 4.31 Å². The van der Waals surface area contributed by atoms with E-state index in [4.69, 9.17) is 9.47 Å². The van der Waals surface area contributed by atoms with Gasteiger partial charge in [-0.3, -0.25) is 0 Å². The molecule has 6 heteroatoms. The second-order valence-electron chi connectivity index (χ2n) is 7.06. The summed E-state index contributed by atoms with van der Waals surface area (Å²) in [7, 11) is -3.68. The number of epoxide rings is 1. The molecule has 0 aliphatic carbocycles. The number of anilines is 2. The van der Waals surface area contributed by atoms with E-state index in [9.17, 15) is 8.42 Å². The van der Waals surface area contributed by atoms with Crippen molar-refractivity contribution in [1.82, 2.24) is 0 Å². The molecule has 0 bridgehead atoms. The van der Waals surface area contributed by atoms with Crippen molar-refractivity contribution in [3.63, 3.8) is 0 Å². The fraction of sp³-hybridized carbons (Fsp3) is 0.217. The molecule has 1 fully saturated rings. The van der Waals surface area contributed by atoms with Gasteiger partial charge in [0.25, 0.3) is 0 Å². The SMILES string of the molecule is Cc1ccc(N(c2ccccc2)S(=O)(=O)Cc2ccccc2)cc1OCC1CO1. The molecule has 0 amide bonds. The van der Waals surface area contributed by atoms with Crippen LogP contribution in [-0.4, -0.2) is 27.7 Å². The Kier molecular flexibility index (Phi) is 5.56. The van der Waals surface area contributed by atoms with E-state index in [0.717, 1.165) is 11.1 Å². The molecule has 3 aromatic carbocycles. The summed E-state index contributed by atoms with van der Waals surface area (Å²) in [6.07, 6.45) is 0.130. The van der Waals surface area contributed by atoms with Gasteiger partial charge in [0, 0.05) is 6.07 Å². The monoisotopic (exact) mass is 409 g/mol. The third kappa shape index (κ3) is 4.78. The van der Waals surface area contributed by atoms with Gasteiger partial charge in [0.1, 0.15) is 18.5 Å². The maximum Gasteiger partial charge on any atom is 0.243 e. The van der Waals surface area contributed by atoms with Gasteiger partial charge in [0.05, 0.1) is 23.7 Å². The van der Waals surface area contributed by atoms with Gasteiger partial charge in [-0.1, -0.05) is 54.6 Å². The zero-order valence-electron chi connectivity index (χ0n) is 16.2. The first-order chi connectivity index (χ1) is 14.0. The summed E-state index contributed by atoms with van der Waals surface area (Å²) in [5, 5.41) is 0. The predicted molar refractivity (Wildman–Crippen MR) is 114 cm³/mol. The Morgan fingerprint density at radius 1 is 0.966 bits per heavy atom. The van der Waals surface area contributed by atoms with E-state index in [2.05, 4.69) is 0 Å². The molecule has 4 rings (SSSR count). The van der Waals surface area contributed by atoms with Crippen LogP contribution in [0.2, 0.25) is 0 Å². The minimum Gasteiger partial charge on any atom is -0.490 e. The molecule has 1 aliphatic heterocycles. The van der Waals surface area contributed by atoms with Gasteiger partial charge in [-0.25, -0.2) is 12.7 Å². The lowest BCUT2D eigenvalue weighted by Crippen LogP contribution is -2.27. The summed E-state index contributed by atoms with van der Waals surface area (Å²) in [4.78, 5) is 0. The number of aryl methyl sites for hydroxylation is 1. The van der Waals surface area contributed by atoms with Gasteiger partial charge in [0.2, 0.25) is 10.0 Å². The van der Waals surface area contributed by atoms with Crippen molar-refractivity contribution in [2.75, 3.05) is 17.5 Å². The number of hydrogen-bond acceptors (Lipinski definition) is 4. The predicted octanol–water partition coefficient (Wildman–Crippen LogP) is 4.44. The van der Waals surface area contributed by atoms with Crippen molar-refractivity contribution in [2.24, 2.45) is 0 Å². The summed E-state index contributed by atoms with van der Waals surface area (Å²) in [5.74, 6) is 0.566. The molecule has 0 spiro atoms. The Bertz CT molecular complexity index is 1060. The third-order valence-electron chi connectivity index (χ3n) is 4.69. The van der Waals surface area contributed by atoms with Crippen LogP contribution in [0.15, 0.2) is 78.9 Å². The maximum atomic E-state index is 13.4. The van der Waals surface area contributed by atoms with Crippen molar-refractivity contribution in [3.8, 4) is 5.75 Å². The second kappa shape index (κ2) is 8.27. The van der Waals surface area contributed by atoms with Crippen molar-refractivity contribution < 1.29 is 17.9 Å². The molecule has 0 saturated carbocycles. The van der Waals surface area contributed by atoms with E-state index < -0.39 is 10.0 Å². The lowest BCUT2D eigenvalue weighted by molar-refractivity contribution is 0.262. The van der Waals surface area contributed by atoms with Crippen molar-refractivity contribution >= 4 is 21.4 Å². The number of rotatable bonds is 8. The molecule has 1 saturated heterocycles. The number of ether oxygens (including phenoxy) is 2. The van der Waals surface area contributed by atoms with Crippen LogP contribution >= 0.6 is 0 Å². The Morgan fingerprint density at radius 2 is 1.62 bits per heavy atom. The third-order valence-corrected chi connectivity index (χ3v) is 6.37. The highest BCUT2D eigenvalue weighted by atomic mass is 32.2. The number of sulfonamides is 1. The lowest BCUT2D eigenvalue weighted by atomic mass is 10.2. The minimum atomic E-state index is -3.68. The van der Waals surface area contributed by atoms with Crippen LogP contribution in [0.25, 0.3) is 0 Å². The Morgan fingerprint density at radius 3 is 2.28 bits per heavy atom. The van der Waals surface area contributed by atoms with Crippen LogP contribution < -0.4 is 9.04 Å². The summed E-state index contributed by atoms with van der Waals surface area (Å²) in [6, 6.07) is 23.8. The van der Waals surface area contributed by atoms with Crippen LogP contribution in [0.3, 0.4) is 0 Å². The zero-order valence-corrected chi connectivity index (χ0v) is 17.0. The molecule has 1 heterocycles. The fourth-order valence-electron chi connectivity index (χ4n) is 3.10. The average Bonchev–Trinajstić information content (AvgIpc) is 3.54. The van der Waals surface area contributed by atoms with Crippen molar-refractivity contribution in [1.29, 1.82) is 0 Å². The lowest BCUT2D eigenvalue weighted by Gasteiger charge is -2.25. The summed E-state index contributed by atoms with van der Waals surface area (Å²) >= 11 is 0. The van der Waals surface area contributed by atoms with Gasteiger partial charge in [-0.15, -0.1) is 0 Å². The molecule has 5 nitrogen and oxygen atoms in total. The molecule has 29 heavy (non-hydrogen) atoms. The maximum absolute atomic E-state index is 13.4. The van der Waals surface area contributed by atoms with Gasteiger partial charge < -0.3 is 9.47 Å². The van der Waals surface area contributed by atoms with E-state index in [1.807, 2.05) is 67.6 Å². The summed E-state index contributed by atoms with van der Waals surface area (Å²) < 4.78 is 39.3. The average molecular weight is 410 g/mol. The van der Waals surface area contributed by atoms with Crippen molar-refractivity contribution in [3.05, 3.63) is 90.0 Å². The molecule has 0 aromatic heterocycles. The largest absolute Gasteiger partial charge is 0.490 e. The smallest absolute Gasteiger partial charge is 0.243 e.